The van der Waals surface area contributed by atoms with Crippen LogP contribution in [0, 0.1) is 13.8 Å². The van der Waals surface area contributed by atoms with Gasteiger partial charge in [0.15, 0.2) is 0 Å². The lowest BCUT2D eigenvalue weighted by Gasteiger charge is -2.16. The van der Waals surface area contributed by atoms with E-state index in [9.17, 15) is 0 Å². The van der Waals surface area contributed by atoms with E-state index >= 15 is 0 Å². The normalized spacial score (nSPS) is 13.0. The molecule has 0 spiro atoms. The second kappa shape index (κ2) is 4.98. The molecule has 1 aromatic carbocycles. The Morgan fingerprint density at radius 3 is 2.70 bits per heavy atom. The second-order valence-electron chi connectivity index (χ2n) is 5.06. The summed E-state index contributed by atoms with van der Waals surface area (Å²) in [5, 5.41) is 0. The highest BCUT2D eigenvalue weighted by Crippen LogP contribution is 2.30. The van der Waals surface area contributed by atoms with Gasteiger partial charge in [-0.1, -0.05) is 12.1 Å². The fraction of sp³-hybridized carbons (Fsp3) is 0.312. The first kappa shape index (κ1) is 13.3. The smallest absolute Gasteiger partial charge is 0.125 e. The predicted molar refractivity (Wildman–Crippen MR) is 81.3 cm³/mol. The second-order valence-corrected chi connectivity index (χ2v) is 5.33. The highest BCUT2D eigenvalue weighted by Gasteiger charge is 2.19. The first-order chi connectivity index (χ1) is 9.61. The van der Waals surface area contributed by atoms with E-state index in [1.807, 2.05) is 32.0 Å². The third-order valence-corrected chi connectivity index (χ3v) is 3.94. The summed E-state index contributed by atoms with van der Waals surface area (Å²) in [6.45, 7) is 6.12. The minimum absolute atomic E-state index is 0.147. The SMILES string of the molecule is Cc1cc(C(C)n2c(CCl)nc3ccccc32)c(C)o1. The van der Waals surface area contributed by atoms with Crippen molar-refractivity contribution >= 4 is 22.6 Å². The van der Waals surface area contributed by atoms with Crippen LogP contribution < -0.4 is 0 Å². The molecule has 0 radical (unpaired) electrons. The molecular weight excluding hydrogens is 272 g/mol. The highest BCUT2D eigenvalue weighted by molar-refractivity contribution is 6.16. The number of para-hydroxylation sites is 2. The fourth-order valence-electron chi connectivity index (χ4n) is 2.83. The Kier molecular flexibility index (Phi) is 3.30. The van der Waals surface area contributed by atoms with Crippen LogP contribution in [0.5, 0.6) is 0 Å². The van der Waals surface area contributed by atoms with Crippen molar-refractivity contribution in [2.75, 3.05) is 0 Å². The van der Waals surface area contributed by atoms with Crippen LogP contribution in [0.25, 0.3) is 11.0 Å². The number of hydrogen-bond acceptors (Lipinski definition) is 2. The molecule has 0 bridgehead atoms. The Labute approximate surface area is 123 Å². The van der Waals surface area contributed by atoms with E-state index in [4.69, 9.17) is 16.0 Å². The summed E-state index contributed by atoms with van der Waals surface area (Å²) in [7, 11) is 0. The van der Waals surface area contributed by atoms with Crippen molar-refractivity contribution in [3.8, 4) is 0 Å². The lowest BCUT2D eigenvalue weighted by Crippen LogP contribution is -2.10. The number of hydrogen-bond donors (Lipinski definition) is 0. The molecule has 0 saturated heterocycles. The summed E-state index contributed by atoms with van der Waals surface area (Å²) in [5.74, 6) is 3.17. The van der Waals surface area contributed by atoms with Gasteiger partial charge in [-0.3, -0.25) is 0 Å². The minimum Gasteiger partial charge on any atom is -0.466 e. The van der Waals surface area contributed by atoms with Gasteiger partial charge in [-0.2, -0.15) is 0 Å². The standard InChI is InChI=1S/C16H17ClN2O/c1-10-8-13(12(3)20-10)11(2)19-15-7-5-4-6-14(15)18-16(19)9-17/h4-8,11H,9H2,1-3H3. The molecule has 2 aromatic heterocycles. The molecule has 0 aliphatic rings. The van der Waals surface area contributed by atoms with Crippen LogP contribution in [-0.2, 0) is 5.88 Å². The first-order valence-corrected chi connectivity index (χ1v) is 7.24. The molecule has 3 rings (SSSR count). The summed E-state index contributed by atoms with van der Waals surface area (Å²) in [6, 6.07) is 10.4. The molecule has 0 aliphatic carbocycles. The molecule has 4 heteroatoms. The number of furan rings is 1. The fourth-order valence-corrected chi connectivity index (χ4v) is 3.01. The van der Waals surface area contributed by atoms with E-state index in [-0.39, 0.29) is 6.04 Å². The highest BCUT2D eigenvalue weighted by atomic mass is 35.5. The van der Waals surface area contributed by atoms with Crippen LogP contribution in [0.1, 0.15) is 35.9 Å². The molecule has 0 fully saturated rings. The third-order valence-electron chi connectivity index (χ3n) is 3.71. The van der Waals surface area contributed by atoms with Gasteiger partial charge in [0.1, 0.15) is 17.3 Å². The number of nitrogens with zero attached hydrogens (tertiary/aromatic N) is 2. The zero-order chi connectivity index (χ0) is 14.3. The maximum absolute atomic E-state index is 6.07. The summed E-state index contributed by atoms with van der Waals surface area (Å²) >= 11 is 6.07. The lowest BCUT2D eigenvalue weighted by atomic mass is 10.1. The van der Waals surface area contributed by atoms with Gasteiger partial charge in [-0.15, -0.1) is 11.6 Å². The molecule has 0 aliphatic heterocycles. The number of alkyl halides is 1. The number of halogens is 1. The summed E-state index contributed by atoms with van der Waals surface area (Å²) < 4.78 is 7.85. The van der Waals surface area contributed by atoms with Gasteiger partial charge in [0.25, 0.3) is 0 Å². The zero-order valence-electron chi connectivity index (χ0n) is 11.9. The molecule has 0 saturated carbocycles. The molecule has 0 amide bonds. The molecule has 104 valence electrons. The van der Waals surface area contributed by atoms with Crippen LogP contribution in [0.4, 0.5) is 0 Å². The van der Waals surface area contributed by atoms with Gasteiger partial charge in [0.2, 0.25) is 0 Å². The molecular formula is C16H17ClN2O. The number of rotatable bonds is 3. The Hall–Kier alpha value is -1.74. The van der Waals surface area contributed by atoms with Gasteiger partial charge in [0, 0.05) is 5.56 Å². The van der Waals surface area contributed by atoms with E-state index in [2.05, 4.69) is 28.6 Å². The van der Waals surface area contributed by atoms with Crippen LogP contribution in [0.2, 0.25) is 0 Å². The quantitative estimate of drug-likeness (QED) is 0.660. The van der Waals surface area contributed by atoms with E-state index in [0.717, 1.165) is 28.4 Å². The van der Waals surface area contributed by atoms with Crippen molar-refractivity contribution in [3.63, 3.8) is 0 Å². The van der Waals surface area contributed by atoms with Crippen LogP contribution in [0.15, 0.2) is 34.7 Å². The molecule has 20 heavy (non-hydrogen) atoms. The van der Waals surface area contributed by atoms with Gasteiger partial charge < -0.3 is 8.98 Å². The number of fused-ring (bicyclic) bond motifs is 1. The maximum Gasteiger partial charge on any atom is 0.125 e. The molecule has 2 heterocycles. The van der Waals surface area contributed by atoms with Crippen molar-refractivity contribution in [3.05, 3.63) is 53.2 Å². The first-order valence-electron chi connectivity index (χ1n) is 6.70. The molecule has 0 N–H and O–H groups in total. The average molecular weight is 289 g/mol. The topological polar surface area (TPSA) is 31.0 Å². The molecule has 3 aromatic rings. The van der Waals surface area contributed by atoms with E-state index in [1.165, 1.54) is 5.56 Å². The number of aromatic nitrogens is 2. The van der Waals surface area contributed by atoms with E-state index in [1.54, 1.807) is 0 Å². The lowest BCUT2D eigenvalue weighted by molar-refractivity contribution is 0.494. The number of benzene rings is 1. The van der Waals surface area contributed by atoms with Crippen molar-refractivity contribution in [1.29, 1.82) is 0 Å². The number of aryl methyl sites for hydroxylation is 2. The van der Waals surface area contributed by atoms with Crippen molar-refractivity contribution in [1.82, 2.24) is 9.55 Å². The van der Waals surface area contributed by atoms with Gasteiger partial charge in [-0.25, -0.2) is 4.98 Å². The van der Waals surface area contributed by atoms with Crippen molar-refractivity contribution in [2.45, 2.75) is 32.7 Å². The predicted octanol–water partition coefficient (Wildman–Crippen LogP) is 4.59. The van der Waals surface area contributed by atoms with Gasteiger partial charge >= 0.3 is 0 Å². The molecule has 3 nitrogen and oxygen atoms in total. The monoisotopic (exact) mass is 288 g/mol. The van der Waals surface area contributed by atoms with Gasteiger partial charge in [-0.05, 0) is 39.0 Å². The summed E-state index contributed by atoms with van der Waals surface area (Å²) in [5.41, 5.74) is 3.26. The Bertz CT molecular complexity index is 757. The Morgan fingerprint density at radius 1 is 1.30 bits per heavy atom. The van der Waals surface area contributed by atoms with Crippen LogP contribution in [0.3, 0.4) is 0 Å². The van der Waals surface area contributed by atoms with Crippen molar-refractivity contribution < 1.29 is 4.42 Å². The average Bonchev–Trinajstić information content (AvgIpc) is 2.97. The Morgan fingerprint density at radius 2 is 2.05 bits per heavy atom. The minimum atomic E-state index is 0.147. The zero-order valence-corrected chi connectivity index (χ0v) is 12.6. The van der Waals surface area contributed by atoms with E-state index in [0.29, 0.717) is 5.88 Å². The van der Waals surface area contributed by atoms with Crippen LogP contribution >= 0.6 is 11.6 Å². The third kappa shape index (κ3) is 2.02. The van der Waals surface area contributed by atoms with Gasteiger partial charge in [0.05, 0.1) is 23.0 Å². The molecule has 1 unspecified atom stereocenters. The summed E-state index contributed by atoms with van der Waals surface area (Å²) in [6.07, 6.45) is 0. The molecule has 1 atom stereocenters. The van der Waals surface area contributed by atoms with E-state index < -0.39 is 0 Å². The maximum atomic E-state index is 6.07. The number of imidazole rings is 1. The van der Waals surface area contributed by atoms with Crippen LogP contribution in [-0.4, -0.2) is 9.55 Å². The van der Waals surface area contributed by atoms with Crippen molar-refractivity contribution in [2.24, 2.45) is 0 Å². The Balaban J connectivity index is 2.20. The largest absolute Gasteiger partial charge is 0.466 e. The summed E-state index contributed by atoms with van der Waals surface area (Å²) in [4.78, 5) is 4.61.